The van der Waals surface area contributed by atoms with Gasteiger partial charge >= 0.3 is 0 Å². The summed E-state index contributed by atoms with van der Waals surface area (Å²) >= 11 is 0. The zero-order chi connectivity index (χ0) is 18.8. The predicted octanol–water partition coefficient (Wildman–Crippen LogP) is 3.71. The summed E-state index contributed by atoms with van der Waals surface area (Å²) in [5.41, 5.74) is 4.56. The van der Waals surface area contributed by atoms with Crippen molar-refractivity contribution in [2.45, 2.75) is 6.42 Å². The molecule has 6 nitrogen and oxygen atoms in total. The van der Waals surface area contributed by atoms with E-state index >= 15 is 0 Å². The molecule has 0 unspecified atom stereocenters. The molecular formula is C21H19N3O3. The molecule has 0 spiro atoms. The lowest BCUT2D eigenvalue weighted by molar-refractivity contribution is 0.410. The second-order valence-corrected chi connectivity index (χ2v) is 6.15. The lowest BCUT2D eigenvalue weighted by Gasteiger charge is -2.11. The van der Waals surface area contributed by atoms with E-state index < -0.39 is 0 Å². The monoisotopic (exact) mass is 361 g/mol. The van der Waals surface area contributed by atoms with E-state index in [9.17, 15) is 5.11 Å². The predicted molar refractivity (Wildman–Crippen MR) is 102 cm³/mol. The van der Waals surface area contributed by atoms with Gasteiger partial charge in [-0.1, -0.05) is 24.3 Å². The van der Waals surface area contributed by atoms with Crippen molar-refractivity contribution in [2.24, 2.45) is 0 Å². The quantitative estimate of drug-likeness (QED) is 0.587. The van der Waals surface area contributed by atoms with Crippen molar-refractivity contribution in [3.63, 3.8) is 0 Å². The Kier molecular flexibility index (Phi) is 4.38. The molecule has 136 valence electrons. The fourth-order valence-corrected chi connectivity index (χ4v) is 3.14. The number of rotatable bonds is 5. The second kappa shape index (κ2) is 6.99. The first-order chi connectivity index (χ1) is 13.2. The molecule has 4 aromatic rings. The summed E-state index contributed by atoms with van der Waals surface area (Å²) < 4.78 is 12.3. The van der Waals surface area contributed by atoms with Gasteiger partial charge in [-0.15, -0.1) is 0 Å². The molecule has 0 fully saturated rings. The fourth-order valence-electron chi connectivity index (χ4n) is 3.14. The highest BCUT2D eigenvalue weighted by Gasteiger charge is 2.13. The summed E-state index contributed by atoms with van der Waals surface area (Å²) in [6.45, 7) is 0. The van der Waals surface area contributed by atoms with Gasteiger partial charge in [0, 0.05) is 24.2 Å². The van der Waals surface area contributed by atoms with Gasteiger partial charge in [0.05, 0.1) is 20.4 Å². The van der Waals surface area contributed by atoms with Crippen LogP contribution in [0.25, 0.3) is 16.8 Å². The molecule has 0 aliphatic heterocycles. The van der Waals surface area contributed by atoms with Crippen molar-refractivity contribution in [3.05, 3.63) is 72.1 Å². The standard InChI is InChI=1S/C21H19N3O3/c1-26-17-5-3-4-14(11-17)10-16-7-6-15(12-19(16)27-2)18-13-23-24-20(25)8-9-22-21(18)24/h3-9,11-13,25H,10H2,1-2H3. The maximum atomic E-state index is 9.91. The Balaban J connectivity index is 1.71. The highest BCUT2D eigenvalue weighted by atomic mass is 16.5. The molecule has 1 N–H and O–H groups in total. The van der Waals surface area contributed by atoms with E-state index in [1.807, 2.05) is 36.4 Å². The number of benzene rings is 2. The van der Waals surface area contributed by atoms with E-state index in [1.54, 1.807) is 26.6 Å². The molecule has 0 aliphatic carbocycles. The SMILES string of the molecule is COc1cccc(Cc2ccc(-c3cnn4c(O)ccnc34)cc2OC)c1. The second-order valence-electron chi connectivity index (χ2n) is 6.15. The average Bonchev–Trinajstić information content (AvgIpc) is 3.14. The zero-order valence-corrected chi connectivity index (χ0v) is 15.1. The Morgan fingerprint density at radius 2 is 1.93 bits per heavy atom. The highest BCUT2D eigenvalue weighted by molar-refractivity contribution is 5.78. The third-order valence-corrected chi connectivity index (χ3v) is 4.51. The van der Waals surface area contributed by atoms with E-state index in [0.717, 1.165) is 40.2 Å². The number of aromatic nitrogens is 3. The summed E-state index contributed by atoms with van der Waals surface area (Å²) in [6.07, 6.45) is 3.98. The maximum absolute atomic E-state index is 9.91. The van der Waals surface area contributed by atoms with Crippen LogP contribution in [0.1, 0.15) is 11.1 Å². The Morgan fingerprint density at radius 3 is 2.74 bits per heavy atom. The summed E-state index contributed by atoms with van der Waals surface area (Å²) in [6, 6.07) is 15.5. The number of nitrogens with zero attached hydrogens (tertiary/aromatic N) is 3. The van der Waals surface area contributed by atoms with Crippen molar-refractivity contribution >= 4 is 5.65 Å². The first kappa shape index (κ1) is 16.9. The van der Waals surface area contributed by atoms with Crippen LogP contribution in [0.2, 0.25) is 0 Å². The summed E-state index contributed by atoms with van der Waals surface area (Å²) in [5, 5.41) is 14.1. The molecular weight excluding hydrogens is 342 g/mol. The maximum Gasteiger partial charge on any atom is 0.215 e. The first-order valence-electron chi connectivity index (χ1n) is 8.51. The smallest absolute Gasteiger partial charge is 0.215 e. The van der Waals surface area contributed by atoms with Crippen molar-refractivity contribution in [1.82, 2.24) is 14.6 Å². The Bertz CT molecular complexity index is 1100. The Morgan fingerprint density at radius 1 is 1.04 bits per heavy atom. The number of fused-ring (bicyclic) bond motifs is 1. The van der Waals surface area contributed by atoms with E-state index in [0.29, 0.717) is 5.65 Å². The largest absolute Gasteiger partial charge is 0.497 e. The Labute approximate surface area is 156 Å². The van der Waals surface area contributed by atoms with Gasteiger partial charge in [0.25, 0.3) is 0 Å². The topological polar surface area (TPSA) is 68.9 Å². The molecule has 2 heterocycles. The average molecular weight is 361 g/mol. The molecule has 2 aromatic heterocycles. The molecule has 6 heteroatoms. The van der Waals surface area contributed by atoms with Gasteiger partial charge in [0.1, 0.15) is 11.5 Å². The van der Waals surface area contributed by atoms with Gasteiger partial charge in [-0.25, -0.2) is 4.98 Å². The summed E-state index contributed by atoms with van der Waals surface area (Å²) in [5.74, 6) is 1.67. The Hall–Kier alpha value is -3.54. The number of aromatic hydroxyl groups is 1. The molecule has 27 heavy (non-hydrogen) atoms. The minimum absolute atomic E-state index is 0.0489. The van der Waals surface area contributed by atoms with Gasteiger partial charge in [-0.3, -0.25) is 0 Å². The molecule has 0 amide bonds. The van der Waals surface area contributed by atoms with Crippen LogP contribution in [0.4, 0.5) is 0 Å². The molecule has 4 rings (SSSR count). The highest BCUT2D eigenvalue weighted by Crippen LogP contribution is 2.31. The van der Waals surface area contributed by atoms with Crippen LogP contribution in [-0.2, 0) is 6.42 Å². The van der Waals surface area contributed by atoms with Crippen molar-refractivity contribution in [1.29, 1.82) is 0 Å². The molecule has 0 bridgehead atoms. The van der Waals surface area contributed by atoms with Crippen molar-refractivity contribution in [3.8, 4) is 28.5 Å². The zero-order valence-electron chi connectivity index (χ0n) is 15.1. The minimum atomic E-state index is 0.0489. The lowest BCUT2D eigenvalue weighted by atomic mass is 10.00. The first-order valence-corrected chi connectivity index (χ1v) is 8.51. The molecule has 0 aliphatic rings. The summed E-state index contributed by atoms with van der Waals surface area (Å²) in [7, 11) is 3.32. The summed E-state index contributed by atoms with van der Waals surface area (Å²) in [4.78, 5) is 4.33. The molecule has 0 radical (unpaired) electrons. The molecule has 0 saturated carbocycles. The third kappa shape index (κ3) is 3.17. The van der Waals surface area contributed by atoms with Gasteiger partial charge in [-0.05, 0) is 34.9 Å². The van der Waals surface area contributed by atoms with Gasteiger partial charge < -0.3 is 14.6 Å². The van der Waals surface area contributed by atoms with Crippen LogP contribution < -0.4 is 9.47 Å². The van der Waals surface area contributed by atoms with Crippen LogP contribution in [0.3, 0.4) is 0 Å². The molecule has 0 saturated heterocycles. The van der Waals surface area contributed by atoms with E-state index in [1.165, 1.54) is 10.6 Å². The van der Waals surface area contributed by atoms with E-state index in [-0.39, 0.29) is 5.88 Å². The normalized spacial score (nSPS) is 10.9. The molecule has 0 atom stereocenters. The van der Waals surface area contributed by atoms with Gasteiger partial charge in [0.2, 0.25) is 5.88 Å². The third-order valence-electron chi connectivity index (χ3n) is 4.51. The van der Waals surface area contributed by atoms with Crippen LogP contribution in [0.5, 0.6) is 17.4 Å². The number of hydrogen-bond acceptors (Lipinski definition) is 5. The van der Waals surface area contributed by atoms with Crippen LogP contribution in [0.15, 0.2) is 60.9 Å². The van der Waals surface area contributed by atoms with Gasteiger partial charge in [-0.2, -0.15) is 9.61 Å². The van der Waals surface area contributed by atoms with Gasteiger partial charge in [0.15, 0.2) is 5.65 Å². The van der Waals surface area contributed by atoms with Crippen LogP contribution in [-0.4, -0.2) is 33.9 Å². The van der Waals surface area contributed by atoms with Crippen LogP contribution >= 0.6 is 0 Å². The van der Waals surface area contributed by atoms with E-state index in [2.05, 4.69) is 16.1 Å². The van der Waals surface area contributed by atoms with E-state index in [4.69, 9.17) is 9.47 Å². The van der Waals surface area contributed by atoms with Crippen LogP contribution in [0, 0.1) is 0 Å². The fraction of sp³-hybridized carbons (Fsp3) is 0.143. The minimum Gasteiger partial charge on any atom is -0.497 e. The molecule has 2 aromatic carbocycles. The lowest BCUT2D eigenvalue weighted by Crippen LogP contribution is -1.95. The number of ether oxygens (including phenoxy) is 2. The van der Waals surface area contributed by atoms with Crippen molar-refractivity contribution < 1.29 is 14.6 Å². The number of hydrogen-bond donors (Lipinski definition) is 1. The van der Waals surface area contributed by atoms with Crippen molar-refractivity contribution in [2.75, 3.05) is 14.2 Å². The number of methoxy groups -OCH3 is 2.